The summed E-state index contributed by atoms with van der Waals surface area (Å²) < 4.78 is 0. The lowest BCUT2D eigenvalue weighted by molar-refractivity contribution is -0.140. The molecule has 1 heterocycles. The number of hydrogen-bond donors (Lipinski definition) is 1. The fourth-order valence-corrected chi connectivity index (χ4v) is 0.800. The molecule has 0 saturated carbocycles. The monoisotopic (exact) mass is 156 g/mol. The third-order valence-electron chi connectivity index (χ3n) is 1.63. The Morgan fingerprint density at radius 2 is 1.91 bits per heavy atom. The lowest BCUT2D eigenvalue weighted by Gasteiger charge is -2.24. The highest BCUT2D eigenvalue weighted by atomic mass is 16.2. The molecule has 0 bridgehead atoms. The zero-order valence-corrected chi connectivity index (χ0v) is 6.25. The quantitative estimate of drug-likeness (QED) is 0.473. The van der Waals surface area contributed by atoms with Gasteiger partial charge in [0, 0.05) is 7.05 Å². The van der Waals surface area contributed by atoms with E-state index in [1.54, 1.807) is 0 Å². The van der Waals surface area contributed by atoms with Gasteiger partial charge in [0.1, 0.15) is 5.92 Å². The lowest BCUT2D eigenvalue weighted by atomic mass is 10.1. The standard InChI is InChI=1S/C6H8N2O3/c1-3-4(9)7-6(11)8(2)5(3)10/h3H,1-2H3,(H,7,9,11). The van der Waals surface area contributed by atoms with Gasteiger partial charge in [0.2, 0.25) is 11.8 Å². The molecule has 0 aromatic rings. The van der Waals surface area contributed by atoms with E-state index in [0.717, 1.165) is 4.90 Å². The van der Waals surface area contributed by atoms with Crippen LogP contribution in [0.2, 0.25) is 0 Å². The normalized spacial score (nSPS) is 25.5. The van der Waals surface area contributed by atoms with Crippen LogP contribution in [0.1, 0.15) is 6.92 Å². The summed E-state index contributed by atoms with van der Waals surface area (Å²) in [5.74, 6) is -1.74. The van der Waals surface area contributed by atoms with Gasteiger partial charge in [-0.15, -0.1) is 0 Å². The molecule has 1 atom stereocenters. The van der Waals surface area contributed by atoms with E-state index >= 15 is 0 Å². The van der Waals surface area contributed by atoms with Gasteiger partial charge in [-0.05, 0) is 6.92 Å². The van der Waals surface area contributed by atoms with Crippen molar-refractivity contribution < 1.29 is 14.4 Å². The SMILES string of the molecule is CC1C(=O)NC(=O)N(C)C1=O. The van der Waals surface area contributed by atoms with Crippen molar-refractivity contribution in [1.29, 1.82) is 0 Å². The third-order valence-corrected chi connectivity index (χ3v) is 1.63. The van der Waals surface area contributed by atoms with E-state index in [2.05, 4.69) is 0 Å². The van der Waals surface area contributed by atoms with Crippen molar-refractivity contribution in [1.82, 2.24) is 10.2 Å². The summed E-state index contributed by atoms with van der Waals surface area (Å²) in [6, 6.07) is -0.655. The van der Waals surface area contributed by atoms with Crippen LogP contribution in [0.5, 0.6) is 0 Å². The molecule has 1 rings (SSSR count). The average molecular weight is 156 g/mol. The fraction of sp³-hybridized carbons (Fsp3) is 0.500. The van der Waals surface area contributed by atoms with Gasteiger partial charge in [0.05, 0.1) is 0 Å². The Bertz CT molecular complexity index is 214. The predicted molar refractivity (Wildman–Crippen MR) is 35.5 cm³/mol. The highest BCUT2D eigenvalue weighted by molar-refractivity contribution is 6.15. The molecular weight excluding hydrogens is 148 g/mol. The van der Waals surface area contributed by atoms with Gasteiger partial charge in [-0.2, -0.15) is 0 Å². The number of amides is 4. The lowest BCUT2D eigenvalue weighted by Crippen LogP contribution is -2.55. The van der Waals surface area contributed by atoms with E-state index < -0.39 is 23.8 Å². The molecule has 0 aromatic carbocycles. The van der Waals surface area contributed by atoms with Gasteiger partial charge in [-0.1, -0.05) is 0 Å². The second-order valence-corrected chi connectivity index (χ2v) is 2.41. The van der Waals surface area contributed by atoms with Crippen molar-refractivity contribution in [3.63, 3.8) is 0 Å². The summed E-state index contributed by atoms with van der Waals surface area (Å²) in [5.41, 5.74) is 0. The predicted octanol–water partition coefficient (Wildman–Crippen LogP) is -0.669. The number of carbonyl (C=O) groups is 3. The van der Waals surface area contributed by atoms with Crippen molar-refractivity contribution in [2.24, 2.45) is 5.92 Å². The number of barbiturate groups is 1. The number of imide groups is 2. The van der Waals surface area contributed by atoms with Crippen molar-refractivity contribution in [3.05, 3.63) is 0 Å². The van der Waals surface area contributed by atoms with Gasteiger partial charge in [0.25, 0.3) is 0 Å². The first kappa shape index (κ1) is 7.71. The molecule has 0 aromatic heterocycles. The van der Waals surface area contributed by atoms with Gasteiger partial charge < -0.3 is 0 Å². The Labute approximate surface area is 63.4 Å². The Hall–Kier alpha value is -1.39. The van der Waals surface area contributed by atoms with Gasteiger partial charge in [-0.25, -0.2) is 4.79 Å². The smallest absolute Gasteiger partial charge is 0.277 e. The van der Waals surface area contributed by atoms with Crippen LogP contribution in [0.15, 0.2) is 0 Å². The van der Waals surface area contributed by atoms with E-state index in [9.17, 15) is 14.4 Å². The molecule has 1 aliphatic heterocycles. The number of nitrogens with zero attached hydrogens (tertiary/aromatic N) is 1. The van der Waals surface area contributed by atoms with Crippen molar-refractivity contribution in [3.8, 4) is 0 Å². The minimum absolute atomic E-state index is 0.459. The molecular formula is C6H8N2O3. The molecule has 1 unspecified atom stereocenters. The number of carbonyl (C=O) groups excluding carboxylic acids is 3. The molecule has 5 heteroatoms. The first-order valence-electron chi connectivity index (χ1n) is 3.16. The van der Waals surface area contributed by atoms with Crippen LogP contribution >= 0.6 is 0 Å². The highest BCUT2D eigenvalue weighted by Gasteiger charge is 2.34. The van der Waals surface area contributed by atoms with E-state index in [1.165, 1.54) is 14.0 Å². The molecule has 1 aliphatic rings. The summed E-state index contributed by atoms with van der Waals surface area (Å²) >= 11 is 0. The second kappa shape index (κ2) is 2.34. The summed E-state index contributed by atoms with van der Waals surface area (Å²) in [6.07, 6.45) is 0. The number of nitrogens with one attached hydrogen (secondary N) is 1. The molecule has 11 heavy (non-hydrogen) atoms. The zero-order chi connectivity index (χ0) is 8.59. The van der Waals surface area contributed by atoms with E-state index in [0.29, 0.717) is 0 Å². The van der Waals surface area contributed by atoms with Crippen LogP contribution in [0, 0.1) is 5.92 Å². The minimum atomic E-state index is -0.752. The Morgan fingerprint density at radius 1 is 1.36 bits per heavy atom. The average Bonchev–Trinajstić information content (AvgIpc) is 1.97. The molecule has 1 fully saturated rings. The van der Waals surface area contributed by atoms with Crippen LogP contribution in [0.4, 0.5) is 4.79 Å². The number of hydrogen-bond acceptors (Lipinski definition) is 3. The van der Waals surface area contributed by atoms with Crippen molar-refractivity contribution in [2.75, 3.05) is 7.05 Å². The van der Waals surface area contributed by atoms with E-state index in [-0.39, 0.29) is 0 Å². The molecule has 0 aliphatic carbocycles. The molecule has 0 radical (unpaired) electrons. The molecule has 5 nitrogen and oxygen atoms in total. The van der Waals surface area contributed by atoms with Crippen LogP contribution in [0.3, 0.4) is 0 Å². The summed E-state index contributed by atoms with van der Waals surface area (Å²) in [4.78, 5) is 33.4. The topological polar surface area (TPSA) is 66.5 Å². The molecule has 4 amide bonds. The van der Waals surface area contributed by atoms with Crippen molar-refractivity contribution in [2.45, 2.75) is 6.92 Å². The maximum absolute atomic E-state index is 11.0. The number of urea groups is 1. The van der Waals surface area contributed by atoms with Gasteiger partial charge in [-0.3, -0.25) is 19.8 Å². The minimum Gasteiger partial charge on any atom is -0.277 e. The first-order valence-corrected chi connectivity index (χ1v) is 3.16. The maximum atomic E-state index is 11.0. The molecule has 0 spiro atoms. The highest BCUT2D eigenvalue weighted by Crippen LogP contribution is 2.06. The van der Waals surface area contributed by atoms with Gasteiger partial charge in [0.15, 0.2) is 0 Å². The maximum Gasteiger partial charge on any atom is 0.330 e. The Kier molecular flexibility index (Phi) is 1.64. The molecule has 1 saturated heterocycles. The molecule has 1 N–H and O–H groups in total. The van der Waals surface area contributed by atoms with Crippen molar-refractivity contribution >= 4 is 17.8 Å². The summed E-state index contributed by atoms with van der Waals surface area (Å²) in [7, 11) is 1.33. The van der Waals surface area contributed by atoms with Crippen LogP contribution in [-0.4, -0.2) is 29.8 Å². The summed E-state index contributed by atoms with van der Waals surface area (Å²) in [5, 5.41) is 2.04. The second-order valence-electron chi connectivity index (χ2n) is 2.41. The summed E-state index contributed by atoms with van der Waals surface area (Å²) in [6.45, 7) is 1.46. The van der Waals surface area contributed by atoms with Crippen LogP contribution in [-0.2, 0) is 9.59 Å². The zero-order valence-electron chi connectivity index (χ0n) is 6.25. The van der Waals surface area contributed by atoms with Gasteiger partial charge >= 0.3 is 6.03 Å². The number of rotatable bonds is 0. The fourth-order valence-electron chi connectivity index (χ4n) is 0.800. The molecule has 60 valence electrons. The van der Waals surface area contributed by atoms with Crippen LogP contribution < -0.4 is 5.32 Å². The Balaban J connectivity index is 2.87. The van der Waals surface area contributed by atoms with Crippen LogP contribution in [0.25, 0.3) is 0 Å². The third kappa shape index (κ3) is 1.09. The van der Waals surface area contributed by atoms with E-state index in [1.807, 2.05) is 5.32 Å². The first-order chi connectivity index (χ1) is 5.04. The Morgan fingerprint density at radius 3 is 2.45 bits per heavy atom. The van der Waals surface area contributed by atoms with E-state index in [4.69, 9.17) is 0 Å². The largest absolute Gasteiger partial charge is 0.330 e.